The van der Waals surface area contributed by atoms with E-state index in [9.17, 15) is 14.7 Å². The van der Waals surface area contributed by atoms with E-state index in [1.54, 1.807) is 0 Å². The Morgan fingerprint density at radius 1 is 1.03 bits per heavy atom. The normalized spacial score (nSPS) is 26.6. The van der Waals surface area contributed by atoms with Gasteiger partial charge in [0.1, 0.15) is 0 Å². The first-order valence-electron chi connectivity index (χ1n) is 10.9. The van der Waals surface area contributed by atoms with Gasteiger partial charge in [-0.25, -0.2) is 4.79 Å². The quantitative estimate of drug-likeness (QED) is 0.601. The van der Waals surface area contributed by atoms with Gasteiger partial charge in [-0.3, -0.25) is 4.79 Å². The second kappa shape index (κ2) is 8.73. The number of rotatable bonds is 2. The molecule has 0 heterocycles. The zero-order valence-electron chi connectivity index (χ0n) is 17.8. The van der Waals surface area contributed by atoms with Crippen molar-refractivity contribution in [1.82, 2.24) is 0 Å². The summed E-state index contributed by atoms with van der Waals surface area (Å²) < 4.78 is 4.92. The molecule has 4 aliphatic carbocycles. The van der Waals surface area contributed by atoms with Gasteiger partial charge in [-0.2, -0.15) is 0 Å². The molecule has 0 radical (unpaired) electrons. The van der Waals surface area contributed by atoms with Gasteiger partial charge in [0.15, 0.2) is 0 Å². The van der Waals surface area contributed by atoms with Crippen LogP contribution in [-0.2, 0) is 14.3 Å². The Kier molecular flexibility index (Phi) is 6.50. The molecule has 1 atom stereocenters. The highest BCUT2D eigenvalue weighted by molar-refractivity contribution is 5.91. The molecule has 2 fully saturated rings. The van der Waals surface area contributed by atoms with Crippen LogP contribution in [0.15, 0.2) is 47.6 Å². The lowest BCUT2D eigenvalue weighted by molar-refractivity contribution is -0.144. The maximum atomic E-state index is 11.8. The van der Waals surface area contributed by atoms with E-state index < -0.39 is 5.97 Å². The van der Waals surface area contributed by atoms with Crippen molar-refractivity contribution in [3.05, 3.63) is 47.6 Å². The molecular weight excluding hydrogens is 364 g/mol. The molecule has 0 aromatic rings. The zero-order valence-corrected chi connectivity index (χ0v) is 17.8. The molecule has 2 spiro atoms. The number of carboxylic acids is 1. The van der Waals surface area contributed by atoms with Gasteiger partial charge >= 0.3 is 11.9 Å². The Balaban J connectivity index is 0.000000166. The second-order valence-corrected chi connectivity index (χ2v) is 9.17. The second-order valence-electron chi connectivity index (χ2n) is 9.17. The van der Waals surface area contributed by atoms with Crippen molar-refractivity contribution in [2.24, 2.45) is 16.7 Å². The Bertz CT molecular complexity index is 756. The fraction of sp³-hybridized carbons (Fsp3) is 0.600. The first-order chi connectivity index (χ1) is 13.9. The van der Waals surface area contributed by atoms with Crippen molar-refractivity contribution in [3.8, 4) is 0 Å². The van der Waals surface area contributed by atoms with Crippen molar-refractivity contribution in [3.63, 3.8) is 0 Å². The minimum atomic E-state index is -0.693. The summed E-state index contributed by atoms with van der Waals surface area (Å²) in [7, 11) is 1.48. The molecule has 4 nitrogen and oxygen atoms in total. The third kappa shape index (κ3) is 4.12. The van der Waals surface area contributed by atoms with Crippen LogP contribution in [0.1, 0.15) is 71.1 Å². The van der Waals surface area contributed by atoms with Crippen LogP contribution in [0.4, 0.5) is 0 Å². The number of hydrogen-bond acceptors (Lipinski definition) is 3. The standard InChI is InChI=1S/C13H18O2.C12H16O2/c1-10-6-5-9-13(7-3-4-8-13)11(10)12(14)15-2;1-9-5-4-8-12(6-2-3-7-12)10(9)11(13)14/h5-6H,3-4,7-9H2,1-2H3;4-5,10H,1-3,6-8H2,(H,13,14). The third-order valence-electron chi connectivity index (χ3n) is 7.44. The van der Waals surface area contributed by atoms with Gasteiger partial charge in [0.2, 0.25) is 0 Å². The van der Waals surface area contributed by atoms with Gasteiger partial charge in [-0.05, 0) is 62.0 Å². The lowest BCUT2D eigenvalue weighted by atomic mass is 9.66. The number of allylic oxidation sites excluding steroid dienone is 5. The van der Waals surface area contributed by atoms with Crippen LogP contribution in [0, 0.1) is 16.7 Å². The average molecular weight is 399 g/mol. The number of methoxy groups -OCH3 is 1. The predicted octanol–water partition coefficient (Wildman–Crippen LogP) is 5.76. The largest absolute Gasteiger partial charge is 0.481 e. The Morgan fingerprint density at radius 2 is 1.62 bits per heavy atom. The molecule has 4 aliphatic rings. The molecule has 0 bridgehead atoms. The molecule has 0 aromatic heterocycles. The van der Waals surface area contributed by atoms with E-state index in [-0.39, 0.29) is 22.7 Å². The number of aliphatic carboxylic acids is 1. The topological polar surface area (TPSA) is 63.6 Å². The van der Waals surface area contributed by atoms with Crippen molar-refractivity contribution >= 4 is 11.9 Å². The van der Waals surface area contributed by atoms with Crippen LogP contribution in [-0.4, -0.2) is 24.2 Å². The Labute approximate surface area is 174 Å². The lowest BCUT2D eigenvalue weighted by Gasteiger charge is -2.37. The third-order valence-corrected chi connectivity index (χ3v) is 7.44. The van der Waals surface area contributed by atoms with Gasteiger partial charge < -0.3 is 9.84 Å². The summed E-state index contributed by atoms with van der Waals surface area (Å²) in [6.07, 6.45) is 19.3. The van der Waals surface area contributed by atoms with E-state index in [1.807, 2.05) is 13.0 Å². The molecule has 29 heavy (non-hydrogen) atoms. The maximum Gasteiger partial charge on any atom is 0.334 e. The van der Waals surface area contributed by atoms with Crippen LogP contribution in [0.25, 0.3) is 0 Å². The number of carbonyl (C=O) groups excluding carboxylic acids is 1. The van der Waals surface area contributed by atoms with E-state index >= 15 is 0 Å². The predicted molar refractivity (Wildman–Crippen MR) is 114 cm³/mol. The molecule has 4 heteroatoms. The molecule has 0 amide bonds. The average Bonchev–Trinajstić information content (AvgIpc) is 3.32. The molecule has 1 unspecified atom stereocenters. The van der Waals surface area contributed by atoms with Crippen molar-refractivity contribution in [1.29, 1.82) is 0 Å². The van der Waals surface area contributed by atoms with E-state index in [0.717, 1.165) is 55.2 Å². The monoisotopic (exact) mass is 398 g/mol. The van der Waals surface area contributed by atoms with Crippen LogP contribution < -0.4 is 0 Å². The van der Waals surface area contributed by atoms with Crippen molar-refractivity contribution < 1.29 is 19.4 Å². The SMILES string of the molecule is C=C1C=CCC2(CCCC2)C1C(=O)O.COC(=O)C1=C(C)C=CCC12CCCC2. The number of ether oxygens (including phenoxy) is 1. The fourth-order valence-electron chi connectivity index (χ4n) is 6.10. The van der Waals surface area contributed by atoms with E-state index in [1.165, 1.54) is 32.8 Å². The first kappa shape index (κ1) is 21.6. The van der Waals surface area contributed by atoms with Gasteiger partial charge in [-0.1, -0.05) is 56.6 Å². The van der Waals surface area contributed by atoms with Crippen molar-refractivity contribution in [2.75, 3.05) is 7.11 Å². The van der Waals surface area contributed by atoms with Crippen LogP contribution in [0.3, 0.4) is 0 Å². The van der Waals surface area contributed by atoms with Crippen molar-refractivity contribution in [2.45, 2.75) is 71.1 Å². The van der Waals surface area contributed by atoms with E-state index in [2.05, 4.69) is 24.8 Å². The highest BCUT2D eigenvalue weighted by atomic mass is 16.5. The fourth-order valence-corrected chi connectivity index (χ4v) is 6.10. The smallest absolute Gasteiger partial charge is 0.334 e. The van der Waals surface area contributed by atoms with E-state index in [4.69, 9.17) is 4.74 Å². The highest BCUT2D eigenvalue weighted by Crippen LogP contribution is 2.52. The minimum Gasteiger partial charge on any atom is -0.481 e. The van der Waals surface area contributed by atoms with Crippen LogP contribution in [0.5, 0.6) is 0 Å². The summed E-state index contributed by atoms with van der Waals surface area (Å²) in [4.78, 5) is 23.1. The molecule has 0 aromatic carbocycles. The molecule has 2 saturated carbocycles. The number of carboxylic acid groups (broad SMARTS) is 1. The molecule has 0 saturated heterocycles. The Morgan fingerprint density at radius 3 is 2.21 bits per heavy atom. The number of esters is 1. The lowest BCUT2D eigenvalue weighted by Crippen LogP contribution is -2.36. The summed E-state index contributed by atoms with van der Waals surface area (Å²) in [5.74, 6) is -1.16. The summed E-state index contributed by atoms with van der Waals surface area (Å²) >= 11 is 0. The van der Waals surface area contributed by atoms with Crippen LogP contribution in [0.2, 0.25) is 0 Å². The van der Waals surface area contributed by atoms with Gasteiger partial charge in [0.05, 0.1) is 13.0 Å². The van der Waals surface area contributed by atoms with Crippen LogP contribution >= 0.6 is 0 Å². The number of hydrogen-bond donors (Lipinski definition) is 1. The first-order valence-corrected chi connectivity index (χ1v) is 10.9. The molecule has 4 rings (SSSR count). The minimum absolute atomic E-state index is 0.00231. The molecule has 1 N–H and O–H groups in total. The summed E-state index contributed by atoms with van der Waals surface area (Å²) in [5, 5.41) is 9.24. The summed E-state index contributed by atoms with van der Waals surface area (Å²) in [6, 6.07) is 0. The Hall–Kier alpha value is -2.10. The molecule has 0 aliphatic heterocycles. The summed E-state index contributed by atoms with van der Waals surface area (Å²) in [6.45, 7) is 5.88. The van der Waals surface area contributed by atoms with Gasteiger partial charge in [0, 0.05) is 11.0 Å². The van der Waals surface area contributed by atoms with Gasteiger partial charge in [0.25, 0.3) is 0 Å². The van der Waals surface area contributed by atoms with Gasteiger partial charge in [-0.15, -0.1) is 0 Å². The molecular formula is C25H34O4. The highest BCUT2D eigenvalue weighted by Gasteiger charge is 2.46. The zero-order chi connectivity index (χ0) is 21.1. The number of carbonyl (C=O) groups is 2. The summed E-state index contributed by atoms with van der Waals surface area (Å²) in [5.41, 5.74) is 2.91. The maximum absolute atomic E-state index is 11.8. The molecule has 158 valence electrons. The van der Waals surface area contributed by atoms with E-state index in [0.29, 0.717) is 0 Å².